The highest BCUT2D eigenvalue weighted by Gasteiger charge is 2.19. The maximum absolute atomic E-state index is 12.6. The van der Waals surface area contributed by atoms with Gasteiger partial charge in [-0.1, -0.05) is 5.22 Å². The molecule has 25 heavy (non-hydrogen) atoms. The third kappa shape index (κ3) is 4.75. The van der Waals surface area contributed by atoms with Gasteiger partial charge in [-0.15, -0.1) is 10.0 Å². The van der Waals surface area contributed by atoms with Crippen molar-refractivity contribution in [1.29, 1.82) is 0 Å². The topological polar surface area (TPSA) is 129 Å². The molecule has 1 N–H and O–H groups in total. The molecule has 0 fully saturated rings. The Morgan fingerprint density at radius 1 is 1.04 bits per heavy atom. The van der Waals surface area contributed by atoms with Gasteiger partial charge >= 0.3 is 0 Å². The lowest BCUT2D eigenvalue weighted by atomic mass is 10.3. The van der Waals surface area contributed by atoms with Gasteiger partial charge in [0.1, 0.15) is 10.6 Å². The van der Waals surface area contributed by atoms with E-state index in [0.717, 1.165) is 12.1 Å². The summed E-state index contributed by atoms with van der Waals surface area (Å²) in [4.78, 5) is 10.4. The minimum absolute atomic E-state index is 0.0997. The molecule has 0 saturated carbocycles. The van der Waals surface area contributed by atoms with Crippen molar-refractivity contribution in [2.24, 2.45) is 15.5 Å². The van der Waals surface area contributed by atoms with Crippen molar-refractivity contribution in [3.63, 3.8) is 0 Å². The number of rotatable bonds is 6. The maximum Gasteiger partial charge on any atom is 0.296 e. The van der Waals surface area contributed by atoms with E-state index in [1.807, 2.05) is 0 Å². The first-order valence-electron chi connectivity index (χ1n) is 6.78. The molecule has 2 aromatic carbocycles. The van der Waals surface area contributed by atoms with Crippen LogP contribution in [0.5, 0.6) is 0 Å². The third-order valence-electron chi connectivity index (χ3n) is 2.91. The first-order chi connectivity index (χ1) is 11.7. The molecule has 1 atom stereocenters. The molecule has 11 heteroatoms. The van der Waals surface area contributed by atoms with Gasteiger partial charge in [0.25, 0.3) is 10.1 Å². The van der Waals surface area contributed by atoms with Crippen LogP contribution in [0.15, 0.2) is 72.7 Å². The van der Waals surface area contributed by atoms with Gasteiger partial charge in [-0.3, -0.25) is 9.56 Å². The normalized spacial score (nSPS) is 12.9. The first kappa shape index (κ1) is 18.8. The van der Waals surface area contributed by atoms with E-state index in [9.17, 15) is 17.5 Å². The number of nitroso groups, excluding NO2 is 1. The van der Waals surface area contributed by atoms with Crippen LogP contribution in [0.2, 0.25) is 0 Å². The van der Waals surface area contributed by atoms with Gasteiger partial charge in [-0.2, -0.15) is 8.42 Å². The number of nitrogens with zero attached hydrogens (tertiary/aromatic N) is 4. The highest BCUT2D eigenvalue weighted by Crippen LogP contribution is 2.28. The predicted molar refractivity (Wildman–Crippen MR) is 91.0 cm³/mol. The largest absolute Gasteiger partial charge is 0.296 e. The lowest BCUT2D eigenvalue weighted by molar-refractivity contribution is 0.408. The van der Waals surface area contributed by atoms with Gasteiger partial charge in [0.15, 0.2) is 0 Å². The fraction of sp³-hybridized carbons (Fsp3) is 0.143. The molecule has 2 rings (SSSR count). The molecular formula is C14H14N4O5S2. The first-order valence-corrected chi connectivity index (χ1v) is 9.37. The van der Waals surface area contributed by atoms with E-state index in [0.29, 0.717) is 10.6 Å². The van der Waals surface area contributed by atoms with Crippen molar-refractivity contribution in [3.8, 4) is 0 Å². The smallest absolute Gasteiger partial charge is 0.285 e. The molecule has 0 bridgehead atoms. The summed E-state index contributed by atoms with van der Waals surface area (Å²) in [5, 5.41) is 11.8. The van der Waals surface area contributed by atoms with Crippen molar-refractivity contribution in [2.45, 2.75) is 14.7 Å². The Balaban J connectivity index is 2.36. The Kier molecular flexibility index (Phi) is 5.72. The van der Waals surface area contributed by atoms with E-state index in [2.05, 4.69) is 15.5 Å². The molecule has 2 aromatic rings. The molecular weight excluding hydrogens is 368 g/mol. The molecule has 0 aromatic heterocycles. The quantitative estimate of drug-likeness (QED) is 0.354. The molecule has 0 aliphatic rings. The molecule has 0 amide bonds. The van der Waals surface area contributed by atoms with Gasteiger partial charge in [-0.25, -0.2) is 4.21 Å². The van der Waals surface area contributed by atoms with Crippen LogP contribution in [0.1, 0.15) is 0 Å². The van der Waals surface area contributed by atoms with Crippen molar-refractivity contribution < 1.29 is 17.2 Å². The maximum atomic E-state index is 12.6. The molecule has 0 aliphatic carbocycles. The van der Waals surface area contributed by atoms with Crippen molar-refractivity contribution in [1.82, 2.24) is 5.01 Å². The van der Waals surface area contributed by atoms with Crippen LogP contribution in [-0.4, -0.2) is 36.3 Å². The molecule has 0 aliphatic heterocycles. The second kappa shape index (κ2) is 7.59. The summed E-state index contributed by atoms with van der Waals surface area (Å²) in [5.74, 6) is 0. The van der Waals surface area contributed by atoms with Crippen LogP contribution >= 0.6 is 0 Å². The summed E-state index contributed by atoms with van der Waals surface area (Å²) < 4.78 is 44.4. The summed E-state index contributed by atoms with van der Waals surface area (Å²) in [6, 6.07) is 9.67. The molecule has 1 unspecified atom stereocenters. The third-order valence-corrected chi connectivity index (χ3v) is 5.18. The van der Waals surface area contributed by atoms with Crippen LogP contribution in [-0.2, 0) is 20.9 Å². The zero-order valence-electron chi connectivity index (χ0n) is 13.2. The molecule has 0 heterocycles. The summed E-state index contributed by atoms with van der Waals surface area (Å²) >= 11 is 0. The average Bonchev–Trinajstić information content (AvgIpc) is 2.58. The monoisotopic (exact) mass is 382 g/mol. The number of hydrogen-bond donors (Lipinski definition) is 1. The Bertz CT molecular complexity index is 940. The van der Waals surface area contributed by atoms with Gasteiger partial charge in [0.2, 0.25) is 0 Å². The summed E-state index contributed by atoms with van der Waals surface area (Å²) in [7, 11) is -2.95. The Labute approximate surface area is 146 Å². The number of benzene rings is 2. The minimum Gasteiger partial charge on any atom is -0.285 e. The van der Waals surface area contributed by atoms with Gasteiger partial charge < -0.3 is 0 Å². The SMILES string of the molecule is CN(C)N=Nc1ccc(S(=O)c2ccc(N=O)c(S(=O)(=O)O)c2)cc1. The Hall–Kier alpha value is -2.50. The Morgan fingerprint density at radius 2 is 1.64 bits per heavy atom. The van der Waals surface area contributed by atoms with Gasteiger partial charge in [-0.05, 0) is 47.6 Å². The van der Waals surface area contributed by atoms with Crippen molar-refractivity contribution in [3.05, 3.63) is 47.4 Å². The molecule has 132 valence electrons. The zero-order valence-corrected chi connectivity index (χ0v) is 14.9. The van der Waals surface area contributed by atoms with Crippen LogP contribution in [0.25, 0.3) is 0 Å². The molecule has 9 nitrogen and oxygen atoms in total. The lowest BCUT2D eigenvalue weighted by Gasteiger charge is -2.06. The van der Waals surface area contributed by atoms with E-state index >= 15 is 0 Å². The highest BCUT2D eigenvalue weighted by atomic mass is 32.2. The van der Waals surface area contributed by atoms with Gasteiger partial charge in [0, 0.05) is 23.9 Å². The van der Waals surface area contributed by atoms with E-state index in [1.54, 1.807) is 38.4 Å². The van der Waals surface area contributed by atoms with Crippen LogP contribution < -0.4 is 0 Å². The van der Waals surface area contributed by atoms with E-state index in [1.165, 1.54) is 11.1 Å². The van der Waals surface area contributed by atoms with E-state index < -0.39 is 31.5 Å². The van der Waals surface area contributed by atoms with Gasteiger partial charge in [0.05, 0.1) is 16.5 Å². The van der Waals surface area contributed by atoms with E-state index in [-0.39, 0.29) is 4.90 Å². The lowest BCUT2D eigenvalue weighted by Crippen LogP contribution is -2.01. The second-order valence-electron chi connectivity index (χ2n) is 5.00. The summed E-state index contributed by atoms with van der Waals surface area (Å²) in [5.41, 5.74) is 0.0938. The number of hydrogen-bond acceptors (Lipinski definition) is 7. The van der Waals surface area contributed by atoms with Crippen LogP contribution in [0, 0.1) is 4.91 Å². The molecule has 0 spiro atoms. The summed E-state index contributed by atoms with van der Waals surface area (Å²) in [6.07, 6.45) is 0. The van der Waals surface area contributed by atoms with E-state index in [4.69, 9.17) is 4.55 Å². The molecule has 0 saturated heterocycles. The fourth-order valence-corrected chi connectivity index (χ4v) is 3.60. The summed E-state index contributed by atoms with van der Waals surface area (Å²) in [6.45, 7) is 0. The Morgan fingerprint density at radius 3 is 2.16 bits per heavy atom. The zero-order chi connectivity index (χ0) is 18.6. The minimum atomic E-state index is -4.67. The average molecular weight is 382 g/mol. The predicted octanol–water partition coefficient (Wildman–Crippen LogP) is 3.06. The van der Waals surface area contributed by atoms with Crippen LogP contribution in [0.4, 0.5) is 11.4 Å². The highest BCUT2D eigenvalue weighted by molar-refractivity contribution is 7.86. The van der Waals surface area contributed by atoms with Crippen molar-refractivity contribution in [2.75, 3.05) is 14.1 Å². The van der Waals surface area contributed by atoms with Crippen molar-refractivity contribution >= 4 is 32.3 Å². The fourth-order valence-electron chi connectivity index (χ4n) is 1.81. The standard InChI is InChI=1S/C14H14N4O5S2/c1-18(2)17-15-10-3-5-11(6-4-10)24(20)12-7-8-13(16-19)14(9-12)25(21,22)23/h3-9H,1-2H3,(H,21,22,23). The van der Waals surface area contributed by atoms with Crippen LogP contribution in [0.3, 0.4) is 0 Å². The molecule has 0 radical (unpaired) electrons. The second-order valence-corrected chi connectivity index (χ2v) is 7.87.